The molecular formula is C15H17N3OS. The van der Waals surface area contributed by atoms with E-state index >= 15 is 0 Å². The summed E-state index contributed by atoms with van der Waals surface area (Å²) in [5.74, 6) is 0. The van der Waals surface area contributed by atoms with E-state index in [0.717, 1.165) is 36.4 Å². The molecular weight excluding hydrogens is 270 g/mol. The van der Waals surface area contributed by atoms with E-state index in [4.69, 9.17) is 0 Å². The second kappa shape index (κ2) is 5.63. The number of aryl methyl sites for hydroxylation is 1. The molecule has 0 bridgehead atoms. The summed E-state index contributed by atoms with van der Waals surface area (Å²) < 4.78 is 1.98. The molecule has 5 heteroatoms. The molecule has 1 saturated heterocycles. The Hall–Kier alpha value is -1.88. The molecule has 0 spiro atoms. The van der Waals surface area contributed by atoms with Crippen LogP contribution in [0.3, 0.4) is 0 Å². The van der Waals surface area contributed by atoms with Crippen molar-refractivity contribution in [2.75, 3.05) is 13.1 Å². The van der Waals surface area contributed by atoms with Crippen molar-refractivity contribution < 1.29 is 4.79 Å². The highest BCUT2D eigenvalue weighted by Gasteiger charge is 2.17. The van der Waals surface area contributed by atoms with Crippen LogP contribution in [0.5, 0.6) is 0 Å². The number of para-hydroxylation sites is 1. The molecule has 0 saturated carbocycles. The summed E-state index contributed by atoms with van der Waals surface area (Å²) in [5, 5.41) is 1.96. The first kappa shape index (κ1) is 13.1. The van der Waals surface area contributed by atoms with Crippen molar-refractivity contribution in [1.82, 2.24) is 9.47 Å². The summed E-state index contributed by atoms with van der Waals surface area (Å²) in [7, 11) is 0. The van der Waals surface area contributed by atoms with E-state index in [9.17, 15) is 4.79 Å². The minimum Gasteiger partial charge on any atom is -0.323 e. The van der Waals surface area contributed by atoms with Crippen LogP contribution in [0.4, 0.5) is 4.79 Å². The number of likely N-dealkylation sites (tertiary alicyclic amines) is 1. The number of benzene rings is 1. The summed E-state index contributed by atoms with van der Waals surface area (Å²) in [4.78, 5) is 19.0. The molecule has 1 fully saturated rings. The van der Waals surface area contributed by atoms with E-state index in [-0.39, 0.29) is 6.03 Å². The molecule has 2 heterocycles. The van der Waals surface area contributed by atoms with E-state index in [2.05, 4.69) is 18.0 Å². The lowest BCUT2D eigenvalue weighted by atomic mass is 10.2. The van der Waals surface area contributed by atoms with Crippen LogP contribution in [0.25, 0.3) is 5.69 Å². The van der Waals surface area contributed by atoms with E-state index in [1.165, 1.54) is 16.9 Å². The minimum absolute atomic E-state index is 0.118. The molecule has 1 aromatic heterocycles. The monoisotopic (exact) mass is 287 g/mol. The second-order valence-electron chi connectivity index (χ2n) is 4.93. The number of urea groups is 1. The maximum atomic E-state index is 12.1. The average Bonchev–Trinajstić information content (AvgIpc) is 3.10. The average molecular weight is 287 g/mol. The van der Waals surface area contributed by atoms with Crippen molar-refractivity contribution >= 4 is 17.4 Å². The number of thiazole rings is 1. The number of aromatic nitrogens is 1. The molecule has 0 radical (unpaired) electrons. The van der Waals surface area contributed by atoms with Crippen molar-refractivity contribution in [2.24, 2.45) is 4.99 Å². The van der Waals surface area contributed by atoms with Crippen molar-refractivity contribution in [3.63, 3.8) is 0 Å². The summed E-state index contributed by atoms with van der Waals surface area (Å²) in [6, 6.07) is 8.00. The summed E-state index contributed by atoms with van der Waals surface area (Å²) >= 11 is 1.49. The Bertz CT molecular complexity index is 680. The van der Waals surface area contributed by atoms with Gasteiger partial charge in [-0.1, -0.05) is 18.2 Å². The van der Waals surface area contributed by atoms with Crippen LogP contribution in [0.1, 0.15) is 18.4 Å². The van der Waals surface area contributed by atoms with Gasteiger partial charge in [0.15, 0.2) is 4.80 Å². The molecule has 1 aliphatic heterocycles. The van der Waals surface area contributed by atoms with Crippen molar-refractivity contribution in [1.29, 1.82) is 0 Å². The minimum atomic E-state index is -0.118. The first-order valence-electron chi connectivity index (χ1n) is 6.81. The van der Waals surface area contributed by atoms with Gasteiger partial charge in [0.2, 0.25) is 0 Å². The fraction of sp³-hybridized carbons (Fsp3) is 0.333. The Morgan fingerprint density at radius 1 is 1.25 bits per heavy atom. The Kier molecular flexibility index (Phi) is 3.69. The number of hydrogen-bond donors (Lipinski definition) is 0. The molecule has 0 unspecified atom stereocenters. The molecule has 0 atom stereocenters. The molecule has 2 aromatic rings. The SMILES string of the molecule is Cc1ccccc1-n1ccsc1=NC(=O)N1CCCC1. The largest absolute Gasteiger partial charge is 0.346 e. The zero-order chi connectivity index (χ0) is 13.9. The maximum Gasteiger partial charge on any atom is 0.346 e. The highest BCUT2D eigenvalue weighted by Crippen LogP contribution is 2.12. The third-order valence-electron chi connectivity index (χ3n) is 3.53. The van der Waals surface area contributed by atoms with E-state index in [1.807, 2.05) is 39.2 Å². The van der Waals surface area contributed by atoms with E-state index in [1.54, 1.807) is 0 Å². The summed E-state index contributed by atoms with van der Waals surface area (Å²) in [5.41, 5.74) is 2.24. The third-order valence-corrected chi connectivity index (χ3v) is 4.29. The summed E-state index contributed by atoms with van der Waals surface area (Å²) in [6.07, 6.45) is 4.14. The van der Waals surface area contributed by atoms with E-state index in [0.29, 0.717) is 0 Å². The highest BCUT2D eigenvalue weighted by atomic mass is 32.1. The Morgan fingerprint density at radius 2 is 2.00 bits per heavy atom. The van der Waals surface area contributed by atoms with Crippen molar-refractivity contribution in [3.8, 4) is 5.69 Å². The van der Waals surface area contributed by atoms with Gasteiger partial charge in [-0.25, -0.2) is 4.79 Å². The van der Waals surface area contributed by atoms with Gasteiger partial charge >= 0.3 is 6.03 Å². The lowest BCUT2D eigenvalue weighted by molar-refractivity contribution is 0.218. The van der Waals surface area contributed by atoms with Gasteiger partial charge in [-0.05, 0) is 31.4 Å². The van der Waals surface area contributed by atoms with Crippen molar-refractivity contribution in [3.05, 3.63) is 46.2 Å². The molecule has 1 aliphatic rings. The smallest absolute Gasteiger partial charge is 0.323 e. The first-order chi connectivity index (χ1) is 9.75. The zero-order valence-corrected chi connectivity index (χ0v) is 12.3. The van der Waals surface area contributed by atoms with Gasteiger partial charge in [-0.3, -0.25) is 4.57 Å². The van der Waals surface area contributed by atoms with Gasteiger partial charge < -0.3 is 4.90 Å². The van der Waals surface area contributed by atoms with Crippen molar-refractivity contribution in [2.45, 2.75) is 19.8 Å². The van der Waals surface area contributed by atoms with Crippen LogP contribution in [0, 0.1) is 6.92 Å². The van der Waals surface area contributed by atoms with Crippen LogP contribution in [-0.4, -0.2) is 28.6 Å². The van der Waals surface area contributed by atoms with Gasteiger partial charge in [0, 0.05) is 24.7 Å². The molecule has 104 valence electrons. The number of rotatable bonds is 1. The molecule has 20 heavy (non-hydrogen) atoms. The number of nitrogens with zero attached hydrogens (tertiary/aromatic N) is 3. The fourth-order valence-corrected chi connectivity index (χ4v) is 3.14. The topological polar surface area (TPSA) is 37.6 Å². The zero-order valence-electron chi connectivity index (χ0n) is 11.5. The number of hydrogen-bond acceptors (Lipinski definition) is 2. The Balaban J connectivity index is 1.98. The number of carbonyl (C=O) groups excluding carboxylic acids is 1. The lowest BCUT2D eigenvalue weighted by Gasteiger charge is -2.11. The molecule has 1 aromatic carbocycles. The van der Waals surface area contributed by atoms with Gasteiger partial charge in [0.25, 0.3) is 0 Å². The standard InChI is InChI=1S/C15H17N3OS/c1-12-6-2-3-7-13(12)18-10-11-20-15(18)16-14(19)17-8-4-5-9-17/h2-3,6-7,10-11H,4-5,8-9H2,1H3. The van der Waals surface area contributed by atoms with Gasteiger partial charge in [0.05, 0.1) is 5.69 Å². The highest BCUT2D eigenvalue weighted by molar-refractivity contribution is 7.07. The lowest BCUT2D eigenvalue weighted by Crippen LogP contribution is -2.27. The van der Waals surface area contributed by atoms with Gasteiger partial charge in [-0.2, -0.15) is 4.99 Å². The van der Waals surface area contributed by atoms with Gasteiger partial charge in [0.1, 0.15) is 0 Å². The predicted octanol–water partition coefficient (Wildman–Crippen LogP) is 2.96. The Morgan fingerprint density at radius 3 is 2.75 bits per heavy atom. The third kappa shape index (κ3) is 2.54. The molecule has 3 rings (SSSR count). The fourth-order valence-electron chi connectivity index (χ4n) is 2.43. The predicted molar refractivity (Wildman–Crippen MR) is 80.1 cm³/mol. The quantitative estimate of drug-likeness (QED) is 0.794. The van der Waals surface area contributed by atoms with Crippen LogP contribution in [0.15, 0.2) is 40.8 Å². The molecule has 4 nitrogen and oxygen atoms in total. The number of carbonyl (C=O) groups is 1. The maximum absolute atomic E-state index is 12.1. The van der Waals surface area contributed by atoms with Crippen LogP contribution >= 0.6 is 11.3 Å². The van der Waals surface area contributed by atoms with Crippen LogP contribution in [0.2, 0.25) is 0 Å². The second-order valence-corrected chi connectivity index (χ2v) is 5.80. The Labute approximate surface area is 122 Å². The van der Waals surface area contributed by atoms with Crippen LogP contribution < -0.4 is 4.80 Å². The number of amides is 2. The van der Waals surface area contributed by atoms with E-state index < -0.39 is 0 Å². The van der Waals surface area contributed by atoms with Gasteiger partial charge in [-0.15, -0.1) is 11.3 Å². The normalized spacial score (nSPS) is 15.8. The van der Waals surface area contributed by atoms with Crippen LogP contribution in [-0.2, 0) is 0 Å². The first-order valence-corrected chi connectivity index (χ1v) is 7.69. The summed E-state index contributed by atoms with van der Waals surface area (Å²) in [6.45, 7) is 3.72. The molecule has 0 N–H and O–H groups in total. The molecule has 0 aliphatic carbocycles. The molecule has 2 amide bonds.